The average molecular weight is 457 g/mol. The molecule has 1 heteroatoms. The molecular formula is C20H38Hf. The third-order valence-electron chi connectivity index (χ3n) is 2.90. The van der Waals surface area contributed by atoms with Crippen molar-refractivity contribution < 1.29 is 21.4 Å². The molecule has 0 aromatic carbocycles. The van der Waals surface area contributed by atoms with E-state index in [4.69, 9.17) is 0 Å². The quantitative estimate of drug-likeness (QED) is 0.390. The standard InChI is InChI=1S/C5H5.3C5H11.Hf/c1-2-4-5-3-1;3*1-5(2,3)4;/h1-5H;3*1H2,2-4H3;. The van der Waals surface area contributed by atoms with E-state index in [1.165, 1.54) is 0 Å². The zero-order valence-corrected chi connectivity index (χ0v) is 19.6. The molecule has 0 nitrogen and oxygen atoms in total. The van der Waals surface area contributed by atoms with Crippen LogP contribution >= 0.6 is 0 Å². The number of rotatable bonds is 3. The van der Waals surface area contributed by atoms with Gasteiger partial charge in [-0.15, -0.1) is 0 Å². The first-order chi connectivity index (χ1) is 9.29. The third kappa shape index (κ3) is 16.5. The van der Waals surface area contributed by atoms with E-state index in [9.17, 15) is 0 Å². The molecular weight excluding hydrogens is 419 g/mol. The van der Waals surface area contributed by atoms with Gasteiger partial charge in [-0.25, -0.2) is 0 Å². The maximum Gasteiger partial charge on any atom is 0.00506 e. The van der Waals surface area contributed by atoms with Gasteiger partial charge in [-0.3, -0.25) is 0 Å². The van der Waals surface area contributed by atoms with Crippen molar-refractivity contribution in [2.75, 3.05) is 0 Å². The van der Waals surface area contributed by atoms with Crippen molar-refractivity contribution in [2.24, 2.45) is 16.2 Å². The SMILES string of the molecule is CC(C)(C)[CH2][Hf]([CH2]C(C)(C)C)[CH2]C(C)(C)C.[CH]1C=CC=C1. The smallest absolute Gasteiger partial charge is 0.00506 e. The predicted octanol–water partition coefficient (Wildman–Crippen LogP) is 7.31. The van der Waals surface area contributed by atoms with Gasteiger partial charge in [0.25, 0.3) is 0 Å². The van der Waals surface area contributed by atoms with Crippen LogP contribution in [0.25, 0.3) is 0 Å². The van der Waals surface area contributed by atoms with Crippen LogP contribution in [0.4, 0.5) is 0 Å². The summed E-state index contributed by atoms with van der Waals surface area (Å²) in [6.45, 7) is 21.8. The Morgan fingerprint density at radius 2 is 0.810 bits per heavy atom. The maximum atomic E-state index is 2.42. The fourth-order valence-corrected chi connectivity index (χ4v) is 20.3. The largest absolute Gasteiger partial charge is 0.0767 e. The van der Waals surface area contributed by atoms with Crippen LogP contribution in [-0.4, -0.2) is 0 Å². The molecule has 21 heavy (non-hydrogen) atoms. The molecule has 0 N–H and O–H groups in total. The molecule has 122 valence electrons. The van der Waals surface area contributed by atoms with Crippen molar-refractivity contribution in [1.29, 1.82) is 0 Å². The number of allylic oxidation sites excluding steroid dienone is 4. The zero-order chi connectivity index (χ0) is 16.7. The van der Waals surface area contributed by atoms with E-state index in [-0.39, 0.29) is 0 Å². The Morgan fingerprint density at radius 1 is 0.524 bits per heavy atom. The van der Waals surface area contributed by atoms with Crippen LogP contribution in [0.1, 0.15) is 62.3 Å². The Balaban J connectivity index is 0.000000662. The third-order valence-corrected chi connectivity index (χ3v) is 19.7. The minimum atomic E-state index is -1.39. The van der Waals surface area contributed by atoms with Gasteiger partial charge in [-0.1, -0.05) is 24.3 Å². The summed E-state index contributed by atoms with van der Waals surface area (Å²) in [4.78, 5) is 0. The van der Waals surface area contributed by atoms with Crippen LogP contribution in [0, 0.1) is 22.7 Å². The van der Waals surface area contributed by atoms with Crippen LogP contribution in [0.15, 0.2) is 24.3 Å². The fraction of sp³-hybridized carbons (Fsp3) is 0.750. The van der Waals surface area contributed by atoms with Gasteiger partial charge in [-0.2, -0.15) is 0 Å². The van der Waals surface area contributed by atoms with Gasteiger partial charge in [0.15, 0.2) is 0 Å². The molecule has 1 aliphatic carbocycles. The molecule has 0 spiro atoms. The summed E-state index contributed by atoms with van der Waals surface area (Å²) in [6.07, 6.45) is 10.0. The van der Waals surface area contributed by atoms with Crippen LogP contribution < -0.4 is 0 Å². The van der Waals surface area contributed by atoms with Gasteiger partial charge in [0.1, 0.15) is 0 Å². The van der Waals surface area contributed by atoms with Crippen LogP contribution in [0.2, 0.25) is 12.5 Å². The maximum absolute atomic E-state index is 2.42. The molecule has 0 atom stereocenters. The van der Waals surface area contributed by atoms with Crippen molar-refractivity contribution in [3.63, 3.8) is 0 Å². The zero-order valence-electron chi connectivity index (χ0n) is 16.0. The Hall–Kier alpha value is 0.350. The van der Waals surface area contributed by atoms with Crippen molar-refractivity contribution >= 4 is 0 Å². The normalized spacial score (nSPS) is 14.9. The van der Waals surface area contributed by atoms with Crippen molar-refractivity contribution in [3.05, 3.63) is 30.7 Å². The van der Waals surface area contributed by atoms with E-state index in [1.54, 1.807) is 12.5 Å². The molecule has 0 heterocycles. The van der Waals surface area contributed by atoms with Gasteiger partial charge in [0.2, 0.25) is 0 Å². The Labute approximate surface area is 143 Å². The summed E-state index contributed by atoms with van der Waals surface area (Å²) in [7, 11) is 0. The van der Waals surface area contributed by atoms with E-state index in [2.05, 4.69) is 62.3 Å². The first-order valence-electron chi connectivity index (χ1n) is 8.29. The van der Waals surface area contributed by atoms with Gasteiger partial charge in [0, 0.05) is 6.42 Å². The molecule has 0 saturated heterocycles. The summed E-state index contributed by atoms with van der Waals surface area (Å²) < 4.78 is 4.69. The molecule has 0 aromatic heterocycles. The van der Waals surface area contributed by atoms with Crippen molar-refractivity contribution in [3.8, 4) is 0 Å². The average Bonchev–Trinajstić information content (AvgIpc) is 2.64. The molecule has 1 aliphatic rings. The Morgan fingerprint density at radius 3 is 0.952 bits per heavy atom. The second-order valence-electron chi connectivity index (χ2n) is 9.92. The number of hydrogen-bond donors (Lipinski definition) is 0. The van der Waals surface area contributed by atoms with E-state index < -0.39 is 21.4 Å². The van der Waals surface area contributed by atoms with E-state index >= 15 is 0 Å². The van der Waals surface area contributed by atoms with Gasteiger partial charge in [0.05, 0.1) is 0 Å². The second-order valence-corrected chi connectivity index (χ2v) is 19.1. The van der Waals surface area contributed by atoms with E-state index in [0.29, 0.717) is 16.2 Å². The first kappa shape index (κ1) is 21.4. The molecule has 0 saturated carbocycles. The van der Waals surface area contributed by atoms with Crippen LogP contribution in [0.3, 0.4) is 0 Å². The predicted molar refractivity (Wildman–Crippen MR) is 95.4 cm³/mol. The van der Waals surface area contributed by atoms with Crippen LogP contribution in [0.5, 0.6) is 0 Å². The van der Waals surface area contributed by atoms with E-state index in [1.807, 2.05) is 30.7 Å². The van der Waals surface area contributed by atoms with E-state index in [0.717, 1.165) is 0 Å². The summed E-state index contributed by atoms with van der Waals surface area (Å²) in [5.74, 6) is 0. The van der Waals surface area contributed by atoms with Gasteiger partial charge < -0.3 is 0 Å². The molecule has 1 rings (SSSR count). The molecule has 0 bridgehead atoms. The summed E-state index contributed by atoms with van der Waals surface area (Å²) in [5.41, 5.74) is 1.66. The summed E-state index contributed by atoms with van der Waals surface area (Å²) >= 11 is -1.39. The minimum Gasteiger partial charge on any atom is -0.0767 e. The molecule has 0 fully saturated rings. The second kappa shape index (κ2) is 8.85. The van der Waals surface area contributed by atoms with Gasteiger partial charge >= 0.3 is 113 Å². The first-order valence-corrected chi connectivity index (χ1v) is 15.9. The molecule has 1 radical (unpaired) electrons. The van der Waals surface area contributed by atoms with Crippen molar-refractivity contribution in [1.82, 2.24) is 0 Å². The summed E-state index contributed by atoms with van der Waals surface area (Å²) in [6, 6.07) is 0. The minimum absolute atomic E-state index is 0.554. The topological polar surface area (TPSA) is 0 Å². The molecule has 0 aliphatic heterocycles. The summed E-state index contributed by atoms with van der Waals surface area (Å²) in [5, 5.41) is 0. The van der Waals surface area contributed by atoms with Gasteiger partial charge in [-0.05, 0) is 0 Å². The Kier molecular flexibility index (Phi) is 8.99. The van der Waals surface area contributed by atoms with Crippen molar-refractivity contribution in [2.45, 2.75) is 74.8 Å². The number of hydrogen-bond acceptors (Lipinski definition) is 0. The van der Waals surface area contributed by atoms with Crippen LogP contribution in [-0.2, 0) is 21.4 Å². The molecule has 0 unspecified atom stereocenters. The molecule has 0 aromatic rings. The fourth-order valence-electron chi connectivity index (χ4n) is 2.76. The Bertz CT molecular complexity index is 280. The monoisotopic (exact) mass is 458 g/mol. The molecule has 0 amide bonds.